The number of hydrogen-bond donors (Lipinski definition) is 1. The van der Waals surface area contributed by atoms with Crippen LogP contribution in [0.25, 0.3) is 0 Å². The number of nitro groups is 1. The highest BCUT2D eigenvalue weighted by molar-refractivity contribution is 7.80. The van der Waals surface area contributed by atoms with Crippen molar-refractivity contribution in [3.05, 3.63) is 68.7 Å². The molecule has 0 aliphatic heterocycles. The lowest BCUT2D eigenvalue weighted by molar-refractivity contribution is -0.384. The number of rotatable bonds is 3. The molecule has 2 aromatic rings. The van der Waals surface area contributed by atoms with Crippen LogP contribution in [0, 0.1) is 10.1 Å². The molecule has 7 heteroatoms. The first-order valence-corrected chi connectivity index (χ1v) is 8.81. The molecule has 3 rings (SSSR count). The zero-order chi connectivity index (χ0) is 18.0. The molecular formula is C18H18ClN3O2S. The minimum absolute atomic E-state index is 0.0274. The topological polar surface area (TPSA) is 58.4 Å². The Bertz CT molecular complexity index is 828. The molecule has 1 atom stereocenters. The summed E-state index contributed by atoms with van der Waals surface area (Å²) in [5.74, 6) is 0. The largest absolute Gasteiger partial charge is 0.345 e. The van der Waals surface area contributed by atoms with Gasteiger partial charge in [0.1, 0.15) is 0 Å². The van der Waals surface area contributed by atoms with E-state index < -0.39 is 4.92 Å². The van der Waals surface area contributed by atoms with Crippen LogP contribution in [-0.2, 0) is 6.42 Å². The van der Waals surface area contributed by atoms with Gasteiger partial charge in [0.2, 0.25) is 0 Å². The fourth-order valence-electron chi connectivity index (χ4n) is 3.20. The van der Waals surface area contributed by atoms with Crippen molar-refractivity contribution < 1.29 is 4.92 Å². The number of hydrogen-bond acceptors (Lipinski definition) is 3. The van der Waals surface area contributed by atoms with Gasteiger partial charge >= 0.3 is 0 Å². The quantitative estimate of drug-likeness (QED) is 0.467. The molecule has 0 spiro atoms. The molecule has 0 unspecified atom stereocenters. The number of non-ortho nitro benzene ring substituents is 1. The summed E-state index contributed by atoms with van der Waals surface area (Å²) in [6.45, 7) is 0. The second-order valence-electron chi connectivity index (χ2n) is 6.07. The number of nitrogens with one attached hydrogen (secondary N) is 1. The number of aryl methyl sites for hydroxylation is 1. The van der Waals surface area contributed by atoms with E-state index in [1.165, 1.54) is 29.3 Å². The monoisotopic (exact) mass is 375 g/mol. The Kier molecular flexibility index (Phi) is 5.20. The van der Waals surface area contributed by atoms with Crippen molar-refractivity contribution >= 4 is 40.3 Å². The van der Waals surface area contributed by atoms with Crippen molar-refractivity contribution in [1.29, 1.82) is 0 Å². The summed E-state index contributed by atoms with van der Waals surface area (Å²) in [7, 11) is 1.94. The van der Waals surface area contributed by atoms with Crippen LogP contribution in [0.3, 0.4) is 0 Å². The number of fused-ring (bicyclic) bond motifs is 1. The molecule has 0 fully saturated rings. The first kappa shape index (κ1) is 17.6. The Morgan fingerprint density at radius 3 is 2.88 bits per heavy atom. The van der Waals surface area contributed by atoms with Crippen LogP contribution in [0.15, 0.2) is 42.5 Å². The van der Waals surface area contributed by atoms with E-state index in [-0.39, 0.29) is 11.7 Å². The maximum atomic E-state index is 11.0. The van der Waals surface area contributed by atoms with Gasteiger partial charge in [0, 0.05) is 19.2 Å². The Morgan fingerprint density at radius 1 is 1.36 bits per heavy atom. The predicted octanol–water partition coefficient (Wildman–Crippen LogP) is 4.95. The molecule has 1 aliphatic rings. The van der Waals surface area contributed by atoms with Gasteiger partial charge in [0.05, 0.1) is 21.7 Å². The fourth-order valence-corrected chi connectivity index (χ4v) is 3.60. The molecule has 0 aromatic heterocycles. The molecule has 5 nitrogen and oxygen atoms in total. The molecule has 2 aromatic carbocycles. The molecule has 0 saturated carbocycles. The van der Waals surface area contributed by atoms with E-state index >= 15 is 0 Å². The summed E-state index contributed by atoms with van der Waals surface area (Å²) < 4.78 is 0. The predicted molar refractivity (Wildman–Crippen MR) is 104 cm³/mol. The fraction of sp³-hybridized carbons (Fsp3) is 0.278. The second-order valence-corrected chi connectivity index (χ2v) is 6.86. The van der Waals surface area contributed by atoms with E-state index in [0.29, 0.717) is 15.8 Å². The first-order chi connectivity index (χ1) is 12.0. The van der Waals surface area contributed by atoms with Crippen molar-refractivity contribution in [2.24, 2.45) is 0 Å². The minimum Gasteiger partial charge on any atom is -0.345 e. The number of nitrogens with zero attached hydrogens (tertiary/aromatic N) is 2. The lowest BCUT2D eigenvalue weighted by atomic mass is 9.87. The average Bonchev–Trinajstić information content (AvgIpc) is 2.62. The molecule has 0 saturated heterocycles. The SMILES string of the molecule is CN(C(=S)Nc1cc([N+](=O)[O-])ccc1Cl)[C@@H]1CCCc2ccccc21. The summed E-state index contributed by atoms with van der Waals surface area (Å²) in [5, 5.41) is 14.9. The molecule has 1 N–H and O–H groups in total. The van der Waals surface area contributed by atoms with Crippen LogP contribution >= 0.6 is 23.8 Å². The third-order valence-corrected chi connectivity index (χ3v) is 5.25. The summed E-state index contributed by atoms with van der Waals surface area (Å²) in [6.07, 6.45) is 3.20. The highest BCUT2D eigenvalue weighted by atomic mass is 35.5. The smallest absolute Gasteiger partial charge is 0.271 e. The van der Waals surface area contributed by atoms with E-state index in [2.05, 4.69) is 23.5 Å². The van der Waals surface area contributed by atoms with Crippen LogP contribution in [0.4, 0.5) is 11.4 Å². The minimum atomic E-state index is -0.453. The number of halogens is 1. The van der Waals surface area contributed by atoms with E-state index in [4.69, 9.17) is 23.8 Å². The van der Waals surface area contributed by atoms with Crippen LogP contribution in [0.5, 0.6) is 0 Å². The van der Waals surface area contributed by atoms with Gasteiger partial charge in [-0.05, 0) is 48.7 Å². The van der Waals surface area contributed by atoms with Gasteiger partial charge in [0.25, 0.3) is 5.69 Å². The van der Waals surface area contributed by atoms with Crippen LogP contribution in [-0.4, -0.2) is 22.0 Å². The van der Waals surface area contributed by atoms with Gasteiger partial charge in [-0.2, -0.15) is 0 Å². The van der Waals surface area contributed by atoms with Gasteiger partial charge in [0.15, 0.2) is 5.11 Å². The van der Waals surface area contributed by atoms with Crippen LogP contribution in [0.1, 0.15) is 30.0 Å². The number of nitro benzene ring substituents is 1. The van der Waals surface area contributed by atoms with Gasteiger partial charge in [-0.25, -0.2) is 0 Å². The van der Waals surface area contributed by atoms with E-state index in [9.17, 15) is 10.1 Å². The number of benzene rings is 2. The highest BCUT2D eigenvalue weighted by Gasteiger charge is 2.25. The van der Waals surface area contributed by atoms with Crippen molar-refractivity contribution in [3.63, 3.8) is 0 Å². The van der Waals surface area contributed by atoms with Crippen LogP contribution in [0.2, 0.25) is 5.02 Å². The second kappa shape index (κ2) is 7.37. The van der Waals surface area contributed by atoms with Gasteiger partial charge in [-0.3, -0.25) is 10.1 Å². The zero-order valence-corrected chi connectivity index (χ0v) is 15.3. The van der Waals surface area contributed by atoms with Gasteiger partial charge < -0.3 is 10.2 Å². The highest BCUT2D eigenvalue weighted by Crippen LogP contribution is 2.34. The van der Waals surface area contributed by atoms with E-state index in [0.717, 1.165) is 19.3 Å². The molecule has 130 valence electrons. The third-order valence-electron chi connectivity index (χ3n) is 4.53. The summed E-state index contributed by atoms with van der Waals surface area (Å²) in [4.78, 5) is 12.5. The van der Waals surface area contributed by atoms with Crippen LogP contribution < -0.4 is 5.32 Å². The molecule has 0 radical (unpaired) electrons. The lowest BCUT2D eigenvalue weighted by Gasteiger charge is -2.35. The number of thiocarbonyl (C=S) groups is 1. The maximum Gasteiger partial charge on any atom is 0.271 e. The number of anilines is 1. The van der Waals surface area contributed by atoms with Crippen molar-refractivity contribution in [2.75, 3.05) is 12.4 Å². The summed E-state index contributed by atoms with van der Waals surface area (Å²) >= 11 is 11.7. The third kappa shape index (κ3) is 3.75. The summed E-state index contributed by atoms with van der Waals surface area (Å²) in [5.41, 5.74) is 3.05. The van der Waals surface area contributed by atoms with Gasteiger partial charge in [-0.1, -0.05) is 35.9 Å². The molecule has 0 heterocycles. The molecule has 0 amide bonds. The average molecular weight is 376 g/mol. The Balaban J connectivity index is 1.80. The Labute approximate surface area is 156 Å². The zero-order valence-electron chi connectivity index (χ0n) is 13.7. The van der Waals surface area contributed by atoms with E-state index in [1.807, 2.05) is 18.0 Å². The van der Waals surface area contributed by atoms with E-state index in [1.54, 1.807) is 0 Å². The lowest BCUT2D eigenvalue weighted by Crippen LogP contribution is -2.36. The van der Waals surface area contributed by atoms with Crippen molar-refractivity contribution in [1.82, 2.24) is 4.90 Å². The first-order valence-electron chi connectivity index (χ1n) is 8.03. The molecular weight excluding hydrogens is 358 g/mol. The standard InChI is InChI=1S/C18H18ClN3O2S/c1-21(17-8-4-6-12-5-2-3-7-14(12)17)18(25)20-16-11-13(22(23)24)9-10-15(16)19/h2-3,5,7,9-11,17H,4,6,8H2,1H3,(H,20,25)/t17-/m1/s1. The van der Waals surface area contributed by atoms with Crippen molar-refractivity contribution in [2.45, 2.75) is 25.3 Å². The Hall–Kier alpha value is -2.18. The van der Waals surface area contributed by atoms with Gasteiger partial charge in [-0.15, -0.1) is 0 Å². The normalized spacial score (nSPS) is 16.0. The Morgan fingerprint density at radius 2 is 2.12 bits per heavy atom. The molecule has 0 bridgehead atoms. The maximum absolute atomic E-state index is 11.0. The summed E-state index contributed by atoms with van der Waals surface area (Å²) in [6, 6.07) is 12.8. The van der Waals surface area contributed by atoms with Crippen molar-refractivity contribution in [3.8, 4) is 0 Å². The molecule has 25 heavy (non-hydrogen) atoms. The molecule has 1 aliphatic carbocycles.